The highest BCUT2D eigenvalue weighted by Crippen LogP contribution is 2.45. The van der Waals surface area contributed by atoms with Crippen molar-refractivity contribution in [2.45, 2.75) is 6.42 Å². The fraction of sp³-hybridized carbons (Fsp3) is 0.0526. The molecule has 0 atom stereocenters. The van der Waals surface area contributed by atoms with Crippen molar-refractivity contribution in [3.63, 3.8) is 0 Å². The van der Waals surface area contributed by atoms with Crippen LogP contribution in [0.3, 0.4) is 0 Å². The van der Waals surface area contributed by atoms with Crippen LogP contribution in [0.25, 0.3) is 75.6 Å². The first-order chi connectivity index (χ1) is 22.4. The van der Waals surface area contributed by atoms with Crippen molar-refractivity contribution in [3.05, 3.63) is 127 Å². The van der Waals surface area contributed by atoms with Crippen LogP contribution < -0.4 is 0 Å². The number of hydrogen-bond donors (Lipinski definition) is 0. The predicted molar refractivity (Wildman–Crippen MR) is 185 cm³/mol. The predicted octanol–water partition coefficient (Wildman–Crippen LogP) is 8.92. The SMILES string of the molecule is C1=NCCc2c1c1cccnc1n2-c1ccccc1-c1cccc2c1sc1c(-n3c4ccncc4c4cccnc43)cccc12. The molecule has 45 heavy (non-hydrogen) atoms. The van der Waals surface area contributed by atoms with Crippen molar-refractivity contribution >= 4 is 70.7 Å². The van der Waals surface area contributed by atoms with Gasteiger partial charge in [-0.2, -0.15) is 0 Å². The van der Waals surface area contributed by atoms with E-state index in [1.54, 1.807) is 0 Å². The minimum Gasteiger partial charge on any atom is -0.297 e. The average Bonchev–Trinajstić information content (AvgIpc) is 3.76. The van der Waals surface area contributed by atoms with Gasteiger partial charge in [0.05, 0.1) is 21.6 Å². The Kier molecular flexibility index (Phi) is 5.18. The van der Waals surface area contributed by atoms with Crippen LogP contribution in [-0.2, 0) is 6.42 Å². The first-order valence-electron chi connectivity index (χ1n) is 15.1. The van der Waals surface area contributed by atoms with E-state index < -0.39 is 0 Å². The Labute approximate surface area is 261 Å². The van der Waals surface area contributed by atoms with Crippen molar-refractivity contribution in [2.75, 3.05) is 6.54 Å². The van der Waals surface area contributed by atoms with E-state index in [0.29, 0.717) is 0 Å². The largest absolute Gasteiger partial charge is 0.297 e. The molecule has 7 heteroatoms. The summed E-state index contributed by atoms with van der Waals surface area (Å²) in [6.07, 6.45) is 10.5. The van der Waals surface area contributed by atoms with Crippen molar-refractivity contribution in [3.8, 4) is 22.5 Å². The van der Waals surface area contributed by atoms with E-state index in [-0.39, 0.29) is 0 Å². The lowest BCUT2D eigenvalue weighted by Gasteiger charge is -2.17. The first-order valence-corrected chi connectivity index (χ1v) is 15.9. The molecule has 0 unspecified atom stereocenters. The van der Waals surface area contributed by atoms with Crippen LogP contribution in [0.4, 0.5) is 0 Å². The van der Waals surface area contributed by atoms with Gasteiger partial charge in [-0.3, -0.25) is 19.1 Å². The Bertz CT molecular complexity index is 2620. The number of thiophene rings is 1. The first kappa shape index (κ1) is 24.7. The molecule has 6 nitrogen and oxygen atoms in total. The third-order valence-electron chi connectivity index (χ3n) is 9.07. The summed E-state index contributed by atoms with van der Waals surface area (Å²) in [5, 5.41) is 5.85. The third-order valence-corrected chi connectivity index (χ3v) is 10.4. The summed E-state index contributed by atoms with van der Waals surface area (Å²) in [4.78, 5) is 18.8. The molecule has 10 rings (SSSR count). The van der Waals surface area contributed by atoms with Gasteiger partial charge in [-0.1, -0.05) is 48.5 Å². The molecule has 0 saturated carbocycles. The number of fused-ring (bicyclic) bond motifs is 9. The van der Waals surface area contributed by atoms with Crippen LogP contribution in [0.5, 0.6) is 0 Å². The molecule has 0 spiro atoms. The minimum absolute atomic E-state index is 0.786. The molecule has 0 bridgehead atoms. The molecule has 0 N–H and O–H groups in total. The Morgan fingerprint density at radius 1 is 0.578 bits per heavy atom. The molecular formula is C38H24N6S. The van der Waals surface area contributed by atoms with E-state index in [4.69, 9.17) is 9.97 Å². The van der Waals surface area contributed by atoms with Crippen LogP contribution in [0.2, 0.25) is 0 Å². The number of para-hydroxylation sites is 1. The average molecular weight is 597 g/mol. The maximum absolute atomic E-state index is 4.87. The molecule has 1 aliphatic rings. The van der Waals surface area contributed by atoms with E-state index in [9.17, 15) is 0 Å². The van der Waals surface area contributed by atoms with Gasteiger partial charge >= 0.3 is 0 Å². The molecule has 0 saturated heterocycles. The van der Waals surface area contributed by atoms with Gasteiger partial charge in [-0.25, -0.2) is 9.97 Å². The molecule has 0 fully saturated rings. The number of pyridine rings is 3. The number of rotatable bonds is 3. The van der Waals surface area contributed by atoms with Gasteiger partial charge in [0.2, 0.25) is 0 Å². The monoisotopic (exact) mass is 596 g/mol. The summed E-state index contributed by atoms with van der Waals surface area (Å²) < 4.78 is 7.16. The van der Waals surface area contributed by atoms with E-state index in [1.807, 2.05) is 54.5 Å². The number of aliphatic imine (C=N–C) groups is 1. The number of aromatic nitrogens is 5. The van der Waals surface area contributed by atoms with Crippen LogP contribution in [0.1, 0.15) is 11.3 Å². The smallest absolute Gasteiger partial charge is 0.145 e. The highest BCUT2D eigenvalue weighted by molar-refractivity contribution is 7.26. The lowest BCUT2D eigenvalue weighted by molar-refractivity contribution is 0.871. The Morgan fingerprint density at radius 3 is 2.22 bits per heavy atom. The fourth-order valence-corrected chi connectivity index (χ4v) is 8.52. The van der Waals surface area contributed by atoms with Gasteiger partial charge in [0.15, 0.2) is 0 Å². The highest BCUT2D eigenvalue weighted by atomic mass is 32.1. The lowest BCUT2D eigenvalue weighted by Crippen LogP contribution is -2.08. The van der Waals surface area contributed by atoms with Crippen molar-refractivity contribution in [1.29, 1.82) is 0 Å². The van der Waals surface area contributed by atoms with Crippen molar-refractivity contribution < 1.29 is 0 Å². The quantitative estimate of drug-likeness (QED) is 0.205. The second-order valence-corrected chi connectivity index (χ2v) is 12.4. The second kappa shape index (κ2) is 9.42. The maximum atomic E-state index is 4.87. The van der Waals surface area contributed by atoms with E-state index in [2.05, 4.69) is 98.0 Å². The van der Waals surface area contributed by atoms with Gasteiger partial charge in [0, 0.05) is 98.0 Å². The Morgan fingerprint density at radius 2 is 1.31 bits per heavy atom. The summed E-state index contributed by atoms with van der Waals surface area (Å²) in [5.74, 6) is 0. The normalized spacial score (nSPS) is 13.1. The summed E-state index contributed by atoms with van der Waals surface area (Å²) >= 11 is 1.85. The Balaban J connectivity index is 1.26. The molecule has 7 heterocycles. The summed E-state index contributed by atoms with van der Waals surface area (Å²) in [5.41, 5.74) is 10.1. The topological polar surface area (TPSA) is 60.9 Å². The van der Waals surface area contributed by atoms with Gasteiger partial charge < -0.3 is 0 Å². The maximum Gasteiger partial charge on any atom is 0.145 e. The van der Waals surface area contributed by atoms with Crippen LogP contribution in [-0.4, -0.2) is 36.8 Å². The lowest BCUT2D eigenvalue weighted by atomic mass is 10.0. The van der Waals surface area contributed by atoms with Crippen LogP contribution >= 0.6 is 11.3 Å². The summed E-state index contributed by atoms with van der Waals surface area (Å²) in [7, 11) is 0. The molecule has 6 aromatic heterocycles. The Hall–Kier alpha value is -5.66. The minimum atomic E-state index is 0.786. The molecule has 3 aromatic carbocycles. The number of nitrogens with zero attached hydrogens (tertiary/aromatic N) is 6. The fourth-order valence-electron chi connectivity index (χ4n) is 7.19. The van der Waals surface area contributed by atoms with E-state index in [0.717, 1.165) is 57.3 Å². The van der Waals surface area contributed by atoms with E-state index in [1.165, 1.54) is 42.6 Å². The standard InChI is InChI=1S/C38H24N6S/c1-2-13-31(43-32-15-19-39-21-29(32)27-11-5-17-41-37(27)43)23(7-1)24-8-3-9-25-26-10-4-14-34(36(26)45-35(24)25)44-33-16-20-40-22-30(33)28-12-6-18-42-38(28)44/h1-14,16-18,20-22H,15,19H2. The molecular weight excluding hydrogens is 573 g/mol. The van der Waals surface area contributed by atoms with Gasteiger partial charge in [-0.15, -0.1) is 11.3 Å². The van der Waals surface area contributed by atoms with E-state index >= 15 is 0 Å². The number of hydrogen-bond acceptors (Lipinski definition) is 5. The molecule has 1 aliphatic heterocycles. The summed E-state index contributed by atoms with van der Waals surface area (Å²) in [6, 6.07) is 32.5. The summed E-state index contributed by atoms with van der Waals surface area (Å²) in [6.45, 7) is 0.786. The van der Waals surface area contributed by atoms with Crippen molar-refractivity contribution in [2.24, 2.45) is 4.99 Å². The second-order valence-electron chi connectivity index (χ2n) is 11.4. The zero-order valence-electron chi connectivity index (χ0n) is 24.1. The van der Waals surface area contributed by atoms with Crippen LogP contribution in [0, 0.1) is 0 Å². The molecule has 212 valence electrons. The van der Waals surface area contributed by atoms with Gasteiger partial charge in [-0.05, 0) is 42.5 Å². The highest BCUT2D eigenvalue weighted by Gasteiger charge is 2.23. The molecule has 0 aliphatic carbocycles. The van der Waals surface area contributed by atoms with Gasteiger partial charge in [0.25, 0.3) is 0 Å². The van der Waals surface area contributed by atoms with Crippen molar-refractivity contribution in [1.82, 2.24) is 24.1 Å². The number of benzene rings is 3. The zero-order chi connectivity index (χ0) is 29.5. The van der Waals surface area contributed by atoms with Crippen LogP contribution in [0.15, 0.2) is 121 Å². The third kappa shape index (κ3) is 3.44. The molecule has 0 amide bonds. The zero-order valence-corrected chi connectivity index (χ0v) is 24.9. The molecule has 9 aromatic rings. The molecule has 0 radical (unpaired) electrons. The van der Waals surface area contributed by atoms with Gasteiger partial charge in [0.1, 0.15) is 11.3 Å².